The van der Waals surface area contributed by atoms with E-state index in [1.54, 1.807) is 6.66 Å². The van der Waals surface area contributed by atoms with Crippen molar-refractivity contribution in [3.8, 4) is 5.75 Å². The fraction of sp³-hybridized carbons (Fsp3) is 0.333. The van der Waals surface area contributed by atoms with Gasteiger partial charge in [-0.1, -0.05) is 53.9 Å². The van der Waals surface area contributed by atoms with Crippen LogP contribution < -0.4 is 15.8 Å². The Morgan fingerprint density at radius 3 is 2.49 bits per heavy atom. The summed E-state index contributed by atoms with van der Waals surface area (Å²) >= 11 is 1.22. The molecule has 0 radical (unpaired) electrons. The van der Waals surface area contributed by atoms with Crippen molar-refractivity contribution in [1.29, 1.82) is 0 Å². The zero-order valence-electron chi connectivity index (χ0n) is 22.1. The van der Waals surface area contributed by atoms with Gasteiger partial charge in [0.05, 0.1) is 6.61 Å². The van der Waals surface area contributed by atoms with E-state index >= 15 is 0 Å². The van der Waals surface area contributed by atoms with Gasteiger partial charge in [-0.3, -0.25) is 9.59 Å². The van der Waals surface area contributed by atoms with E-state index in [4.69, 9.17) is 15.2 Å². The molecule has 1 heterocycles. The Hall–Kier alpha value is -3.06. The predicted molar refractivity (Wildman–Crippen MR) is 158 cm³/mol. The number of carbonyl (C=O) groups excluding carboxylic acids is 2. The Bertz CT molecular complexity index is 1300. The lowest BCUT2D eigenvalue weighted by atomic mass is 9.98. The van der Waals surface area contributed by atoms with Crippen molar-refractivity contribution in [1.82, 2.24) is 5.32 Å². The van der Waals surface area contributed by atoms with Crippen LogP contribution in [-0.2, 0) is 14.1 Å². The minimum absolute atomic E-state index is 0.114. The molecule has 2 amide bonds. The van der Waals surface area contributed by atoms with E-state index in [1.165, 1.54) is 11.4 Å². The lowest BCUT2D eigenvalue weighted by Gasteiger charge is -2.38. The second kappa shape index (κ2) is 13.3. The zero-order chi connectivity index (χ0) is 27.7. The van der Waals surface area contributed by atoms with Crippen LogP contribution in [0, 0.1) is 0 Å². The minimum Gasteiger partial charge on any atom is -0.494 e. The van der Waals surface area contributed by atoms with Crippen LogP contribution in [0.3, 0.4) is 0 Å². The summed E-state index contributed by atoms with van der Waals surface area (Å²) in [7, 11) is 0. The van der Waals surface area contributed by atoms with Crippen LogP contribution in [0.5, 0.6) is 5.75 Å². The molecule has 1 atom stereocenters. The van der Waals surface area contributed by atoms with Crippen LogP contribution in [0.4, 0.5) is 0 Å². The summed E-state index contributed by atoms with van der Waals surface area (Å²) in [5.41, 5.74) is 8.56. The Morgan fingerprint density at radius 1 is 1.08 bits per heavy atom. The molecule has 39 heavy (non-hydrogen) atoms. The zero-order valence-corrected chi connectivity index (χ0v) is 23.8. The molecule has 2 aromatic rings. The van der Waals surface area contributed by atoms with Gasteiger partial charge in [-0.15, -0.1) is 0 Å². The summed E-state index contributed by atoms with van der Waals surface area (Å²) in [6.45, 7) is 3.35. The van der Waals surface area contributed by atoms with E-state index in [2.05, 4.69) is 23.5 Å². The Balaban J connectivity index is 1.20. The summed E-state index contributed by atoms with van der Waals surface area (Å²) in [4.78, 5) is 25.6. The number of allylic oxidation sites excluding steroid dienone is 6. The number of benzene rings is 2. The molecule has 9 heteroatoms. The van der Waals surface area contributed by atoms with Crippen molar-refractivity contribution in [2.75, 3.05) is 33.0 Å². The number of carbonyl (C=O) groups is 2. The highest BCUT2D eigenvalue weighted by Crippen LogP contribution is 2.70. The monoisotopic (exact) mass is 566 g/mol. The number of nitrogens with two attached hydrogens (primary N) is 1. The quantitative estimate of drug-likeness (QED) is 0.262. The molecular formula is C30H35N2O5PS. The van der Waals surface area contributed by atoms with E-state index in [1.807, 2.05) is 60.7 Å². The predicted octanol–water partition coefficient (Wildman–Crippen LogP) is 5.82. The van der Waals surface area contributed by atoms with E-state index in [9.17, 15) is 14.2 Å². The number of rotatable bonds is 11. The van der Waals surface area contributed by atoms with Crippen molar-refractivity contribution in [2.24, 2.45) is 5.73 Å². The van der Waals surface area contributed by atoms with Gasteiger partial charge >= 0.3 is 0 Å². The number of nitrogens with one attached hydrogen (secondary N) is 1. The minimum atomic E-state index is -3.00. The number of hydrogen-bond donors (Lipinski definition) is 2. The van der Waals surface area contributed by atoms with E-state index in [0.717, 1.165) is 22.5 Å². The number of ether oxygens (including phenoxy) is 2. The Kier molecular flexibility index (Phi) is 9.89. The molecule has 4 rings (SSSR count). The smallest absolute Gasteiger partial charge is 0.251 e. The molecule has 7 nitrogen and oxygen atoms in total. The van der Waals surface area contributed by atoms with Gasteiger partial charge in [0.2, 0.25) is 5.91 Å². The summed E-state index contributed by atoms with van der Waals surface area (Å²) < 4.78 is 24.8. The summed E-state index contributed by atoms with van der Waals surface area (Å²) in [5.74, 6) is 0.0491. The molecule has 0 spiro atoms. The Morgan fingerprint density at radius 2 is 1.79 bits per heavy atom. The van der Waals surface area contributed by atoms with Gasteiger partial charge in [-0.05, 0) is 79.9 Å². The largest absolute Gasteiger partial charge is 0.494 e. The lowest BCUT2D eigenvalue weighted by Crippen LogP contribution is -2.47. The molecule has 1 unspecified atom stereocenters. The fourth-order valence-corrected chi connectivity index (χ4v) is 9.76. The second-order valence-corrected chi connectivity index (χ2v) is 15.5. The third kappa shape index (κ3) is 7.33. The topological polar surface area (TPSA) is 108 Å². The van der Waals surface area contributed by atoms with Crippen molar-refractivity contribution >= 4 is 35.1 Å². The average Bonchev–Trinajstić information content (AvgIpc) is 3.23. The van der Waals surface area contributed by atoms with Gasteiger partial charge in [-0.2, -0.15) is 0 Å². The molecule has 1 fully saturated rings. The van der Waals surface area contributed by atoms with Crippen molar-refractivity contribution in [3.05, 3.63) is 90.0 Å². The molecule has 0 bridgehead atoms. The highest BCUT2D eigenvalue weighted by molar-refractivity contribution is 8.58. The van der Waals surface area contributed by atoms with Crippen LogP contribution >= 0.6 is 17.7 Å². The summed E-state index contributed by atoms with van der Waals surface area (Å²) in [6.07, 6.45) is 9.68. The fourth-order valence-electron chi connectivity index (χ4n) is 4.62. The maximum Gasteiger partial charge on any atom is 0.251 e. The molecule has 1 saturated heterocycles. The average molecular weight is 567 g/mol. The van der Waals surface area contributed by atoms with Crippen LogP contribution in [0.25, 0.3) is 5.57 Å². The highest BCUT2D eigenvalue weighted by Gasteiger charge is 2.51. The van der Waals surface area contributed by atoms with Gasteiger partial charge in [0.25, 0.3) is 5.91 Å². The molecule has 206 valence electrons. The van der Waals surface area contributed by atoms with E-state index in [-0.39, 0.29) is 5.91 Å². The number of primary amides is 1. The van der Waals surface area contributed by atoms with Crippen LogP contribution in [0.1, 0.15) is 41.6 Å². The van der Waals surface area contributed by atoms with E-state index < -0.39 is 17.4 Å². The van der Waals surface area contributed by atoms with Crippen molar-refractivity contribution in [3.63, 3.8) is 0 Å². The normalized spacial score (nSPS) is 17.9. The Labute approximate surface area is 234 Å². The molecule has 0 aromatic heterocycles. The number of amides is 2. The summed E-state index contributed by atoms with van der Waals surface area (Å²) in [6, 6.07) is 14.9. The standard InChI is InChI=1S/C30H35N2O5PS/c1-38(35,30(29(31)34)17-21-36-22-18-30)39-27-15-13-26(14-16-27)37-20-6-19-32-28(33)25-11-9-24(10-12-25)23-7-4-2-3-5-8-23/h2-4,7-16H,5-6,17-22H2,1H3,(H2,31,34)(H,32,33). The first-order valence-corrected chi connectivity index (χ1v) is 16.7. The highest BCUT2D eigenvalue weighted by atomic mass is 32.7. The first-order chi connectivity index (χ1) is 18.8. The molecule has 1 aliphatic heterocycles. The maximum absolute atomic E-state index is 13.6. The second-order valence-electron chi connectivity index (χ2n) is 9.63. The maximum atomic E-state index is 13.6. The van der Waals surface area contributed by atoms with Gasteiger partial charge < -0.3 is 25.1 Å². The van der Waals surface area contributed by atoms with Gasteiger partial charge in [0.1, 0.15) is 10.9 Å². The SMILES string of the molecule is CP(=O)(Sc1ccc(OCCCNC(=O)c2ccc(C3=CCC=CC=C3)cc2)cc1)C1(C(N)=O)CCOCC1. The molecule has 3 N–H and O–H groups in total. The molecular weight excluding hydrogens is 531 g/mol. The van der Waals surface area contributed by atoms with Gasteiger partial charge in [-0.25, -0.2) is 0 Å². The molecule has 2 aliphatic rings. The summed E-state index contributed by atoms with van der Waals surface area (Å²) in [5, 5.41) is 1.89. The van der Waals surface area contributed by atoms with Gasteiger partial charge in [0.15, 0.2) is 6.34 Å². The molecule has 1 aliphatic carbocycles. The molecule has 2 aromatic carbocycles. The molecule has 0 saturated carbocycles. The lowest BCUT2D eigenvalue weighted by molar-refractivity contribution is -0.122. The van der Waals surface area contributed by atoms with Crippen LogP contribution in [0.2, 0.25) is 0 Å². The third-order valence-corrected chi connectivity index (χ3v) is 12.8. The first-order valence-electron chi connectivity index (χ1n) is 13.1. The number of hydrogen-bond acceptors (Lipinski definition) is 6. The van der Waals surface area contributed by atoms with Crippen LogP contribution in [0.15, 0.2) is 83.8 Å². The van der Waals surface area contributed by atoms with E-state index in [0.29, 0.717) is 56.9 Å². The van der Waals surface area contributed by atoms with Crippen LogP contribution in [-0.4, -0.2) is 50.0 Å². The first kappa shape index (κ1) is 28.9. The van der Waals surface area contributed by atoms with Crippen molar-refractivity contribution in [2.45, 2.75) is 35.7 Å². The van der Waals surface area contributed by atoms with Crippen molar-refractivity contribution < 1.29 is 23.6 Å². The van der Waals surface area contributed by atoms with Gasteiger partial charge in [0, 0.05) is 30.2 Å². The third-order valence-electron chi connectivity index (χ3n) is 7.01.